The minimum atomic E-state index is -0.166. The lowest BCUT2D eigenvalue weighted by molar-refractivity contribution is 0.0796. The Hall–Kier alpha value is -3.53. The van der Waals surface area contributed by atoms with Gasteiger partial charge in [0.15, 0.2) is 5.69 Å². The van der Waals surface area contributed by atoms with Gasteiger partial charge in [-0.15, -0.1) is 0 Å². The Morgan fingerprint density at radius 1 is 1.23 bits per heavy atom. The molecule has 1 amide bonds. The summed E-state index contributed by atoms with van der Waals surface area (Å²) in [6, 6.07) is 11.0. The predicted molar refractivity (Wildman–Crippen MR) is 96.7 cm³/mol. The highest BCUT2D eigenvalue weighted by atomic mass is 16.2. The molecule has 0 saturated carbocycles. The highest BCUT2D eigenvalue weighted by Gasteiger charge is 2.19. The maximum Gasteiger partial charge on any atom is 0.274 e. The Balaban J connectivity index is 2.13. The molecule has 26 heavy (non-hydrogen) atoms. The maximum absolute atomic E-state index is 12.5. The van der Waals surface area contributed by atoms with Crippen LogP contribution in [0.4, 0.5) is 0 Å². The molecule has 3 heterocycles. The molecule has 7 heteroatoms. The van der Waals surface area contributed by atoms with Gasteiger partial charge in [0.1, 0.15) is 6.07 Å². The molecule has 0 unspecified atom stereocenters. The lowest BCUT2D eigenvalue weighted by Crippen LogP contribution is -2.26. The molecule has 7 nitrogen and oxygen atoms in total. The van der Waals surface area contributed by atoms with Gasteiger partial charge in [-0.2, -0.15) is 10.4 Å². The van der Waals surface area contributed by atoms with Crippen molar-refractivity contribution in [2.24, 2.45) is 0 Å². The summed E-state index contributed by atoms with van der Waals surface area (Å²) in [5.74, 6) is -0.166. The highest BCUT2D eigenvalue weighted by molar-refractivity contribution is 5.93. The molecule has 3 aromatic rings. The summed E-state index contributed by atoms with van der Waals surface area (Å²) < 4.78 is 1.65. The summed E-state index contributed by atoms with van der Waals surface area (Å²) in [5, 5.41) is 13.4. The summed E-state index contributed by atoms with van der Waals surface area (Å²) in [4.78, 5) is 22.8. The second kappa shape index (κ2) is 7.15. The molecule has 130 valence electrons. The fourth-order valence-electron chi connectivity index (χ4n) is 2.40. The van der Waals surface area contributed by atoms with Gasteiger partial charge >= 0.3 is 0 Å². The first-order chi connectivity index (χ1) is 12.5. The van der Waals surface area contributed by atoms with E-state index in [0.29, 0.717) is 29.2 Å². The van der Waals surface area contributed by atoms with Crippen molar-refractivity contribution in [3.63, 3.8) is 0 Å². The van der Waals surface area contributed by atoms with Crippen molar-refractivity contribution in [1.29, 1.82) is 5.26 Å². The average Bonchev–Trinajstić information content (AvgIpc) is 3.12. The van der Waals surface area contributed by atoms with Gasteiger partial charge in [-0.25, -0.2) is 4.68 Å². The van der Waals surface area contributed by atoms with Gasteiger partial charge in [-0.1, -0.05) is 0 Å². The van der Waals surface area contributed by atoms with Crippen LogP contribution in [0.15, 0.2) is 42.7 Å². The number of hydrogen-bond donors (Lipinski definition) is 0. The van der Waals surface area contributed by atoms with Crippen LogP contribution in [-0.2, 0) is 0 Å². The second-order valence-corrected chi connectivity index (χ2v) is 5.85. The molecule has 3 aromatic heterocycles. The molecule has 0 aliphatic carbocycles. The molecule has 3 rings (SSSR count). The molecule has 0 N–H and O–H groups in total. The number of amides is 1. The van der Waals surface area contributed by atoms with Gasteiger partial charge in [-0.3, -0.25) is 14.8 Å². The number of pyridine rings is 2. The summed E-state index contributed by atoms with van der Waals surface area (Å²) in [6.07, 6.45) is 3.20. The molecule has 0 radical (unpaired) electrons. The van der Waals surface area contributed by atoms with E-state index in [-0.39, 0.29) is 5.91 Å². The summed E-state index contributed by atoms with van der Waals surface area (Å²) in [6.45, 7) is 4.39. The van der Waals surface area contributed by atoms with Crippen LogP contribution in [0.5, 0.6) is 0 Å². The van der Waals surface area contributed by atoms with Crippen molar-refractivity contribution < 1.29 is 4.79 Å². The molecule has 0 saturated heterocycles. The molecular formula is C19H18N6O. The van der Waals surface area contributed by atoms with Crippen molar-refractivity contribution in [2.75, 3.05) is 13.6 Å². The molecule has 0 spiro atoms. The predicted octanol–water partition coefficient (Wildman–Crippen LogP) is 2.60. The van der Waals surface area contributed by atoms with E-state index in [9.17, 15) is 4.79 Å². The fraction of sp³-hybridized carbons (Fsp3) is 0.211. The van der Waals surface area contributed by atoms with Gasteiger partial charge in [0.25, 0.3) is 5.91 Å². The zero-order valence-corrected chi connectivity index (χ0v) is 14.8. The zero-order valence-electron chi connectivity index (χ0n) is 14.8. The fourth-order valence-corrected chi connectivity index (χ4v) is 2.40. The van der Waals surface area contributed by atoms with Gasteiger partial charge < -0.3 is 4.90 Å². The van der Waals surface area contributed by atoms with E-state index >= 15 is 0 Å². The number of nitrogens with zero attached hydrogens (tertiary/aromatic N) is 6. The Bertz CT molecular complexity index is 967. The van der Waals surface area contributed by atoms with E-state index in [0.717, 1.165) is 11.4 Å². The van der Waals surface area contributed by atoms with Gasteiger partial charge in [0, 0.05) is 25.5 Å². The lowest BCUT2D eigenvalue weighted by atomic mass is 10.2. The van der Waals surface area contributed by atoms with Crippen LogP contribution < -0.4 is 0 Å². The number of aryl methyl sites for hydroxylation is 1. The van der Waals surface area contributed by atoms with Crippen molar-refractivity contribution >= 4 is 5.91 Å². The van der Waals surface area contributed by atoms with E-state index in [1.54, 1.807) is 41.0 Å². The first-order valence-corrected chi connectivity index (χ1v) is 8.18. The Morgan fingerprint density at radius 3 is 2.62 bits per heavy atom. The molecule has 0 aromatic carbocycles. The van der Waals surface area contributed by atoms with Crippen molar-refractivity contribution in [1.82, 2.24) is 24.6 Å². The maximum atomic E-state index is 12.5. The smallest absolute Gasteiger partial charge is 0.274 e. The quantitative estimate of drug-likeness (QED) is 0.724. The van der Waals surface area contributed by atoms with E-state index in [2.05, 4.69) is 15.1 Å². The minimum Gasteiger partial charge on any atom is -0.341 e. The van der Waals surface area contributed by atoms with Gasteiger partial charge in [0.2, 0.25) is 0 Å². The SMILES string of the molecule is CCN(C)C(=O)c1cc(-c2ccc(C#N)cn2)n(-c2ccc(C)nc2)n1. The molecule has 0 aliphatic heterocycles. The number of carbonyl (C=O) groups excluding carboxylic acids is 1. The molecule has 0 bridgehead atoms. The van der Waals surface area contributed by atoms with Crippen LogP contribution in [0, 0.1) is 18.3 Å². The van der Waals surface area contributed by atoms with Crippen LogP contribution in [0.1, 0.15) is 28.7 Å². The monoisotopic (exact) mass is 346 g/mol. The van der Waals surface area contributed by atoms with Crippen LogP contribution in [-0.4, -0.2) is 44.1 Å². The Labute approximate surface area is 151 Å². The first-order valence-electron chi connectivity index (χ1n) is 8.18. The van der Waals surface area contributed by atoms with Crippen LogP contribution in [0.3, 0.4) is 0 Å². The van der Waals surface area contributed by atoms with Crippen LogP contribution in [0.25, 0.3) is 17.1 Å². The number of aromatic nitrogens is 4. The minimum absolute atomic E-state index is 0.166. The van der Waals surface area contributed by atoms with Crippen molar-refractivity contribution in [3.05, 3.63) is 59.7 Å². The van der Waals surface area contributed by atoms with E-state index < -0.39 is 0 Å². The summed E-state index contributed by atoms with van der Waals surface area (Å²) in [5.41, 5.74) is 3.70. The standard InChI is InChI=1S/C19H18N6O/c1-4-24(3)19(26)17-9-18(16-8-6-14(10-20)11-22-16)25(23-17)15-7-5-13(2)21-12-15/h5-9,11-12H,4H2,1-3H3. The number of rotatable bonds is 4. The van der Waals surface area contributed by atoms with E-state index in [1.165, 1.54) is 6.20 Å². The highest BCUT2D eigenvalue weighted by Crippen LogP contribution is 2.23. The van der Waals surface area contributed by atoms with Crippen molar-refractivity contribution in [2.45, 2.75) is 13.8 Å². The number of hydrogen-bond acceptors (Lipinski definition) is 5. The third-order valence-electron chi connectivity index (χ3n) is 4.04. The lowest BCUT2D eigenvalue weighted by Gasteiger charge is -2.11. The molecule has 0 atom stereocenters. The third-order valence-corrected chi connectivity index (χ3v) is 4.04. The number of nitriles is 1. The third kappa shape index (κ3) is 3.30. The normalized spacial score (nSPS) is 10.4. The second-order valence-electron chi connectivity index (χ2n) is 5.85. The van der Waals surface area contributed by atoms with Crippen LogP contribution in [0.2, 0.25) is 0 Å². The summed E-state index contributed by atoms with van der Waals surface area (Å²) >= 11 is 0. The van der Waals surface area contributed by atoms with Crippen molar-refractivity contribution in [3.8, 4) is 23.1 Å². The Morgan fingerprint density at radius 2 is 2.04 bits per heavy atom. The van der Waals surface area contributed by atoms with E-state index in [1.807, 2.05) is 32.0 Å². The Kier molecular flexibility index (Phi) is 4.76. The van der Waals surface area contributed by atoms with Crippen LogP contribution >= 0.6 is 0 Å². The topological polar surface area (TPSA) is 87.7 Å². The first kappa shape index (κ1) is 17.3. The zero-order chi connectivity index (χ0) is 18.7. The molecule has 0 fully saturated rings. The molecule has 0 aliphatic rings. The number of carbonyl (C=O) groups is 1. The van der Waals surface area contributed by atoms with E-state index in [4.69, 9.17) is 5.26 Å². The summed E-state index contributed by atoms with van der Waals surface area (Å²) in [7, 11) is 1.73. The van der Waals surface area contributed by atoms with Gasteiger partial charge in [-0.05, 0) is 44.2 Å². The molecular weight excluding hydrogens is 328 g/mol. The van der Waals surface area contributed by atoms with Gasteiger partial charge in [0.05, 0.1) is 28.8 Å². The average molecular weight is 346 g/mol. The largest absolute Gasteiger partial charge is 0.341 e.